The van der Waals surface area contributed by atoms with E-state index in [2.05, 4.69) is 20.3 Å². The van der Waals surface area contributed by atoms with Gasteiger partial charge < -0.3 is 23.9 Å². The number of hydrogen-bond donors (Lipinski definition) is 3. The number of carbonyl (C=O) groups excluding carboxylic acids is 1. The highest BCUT2D eigenvalue weighted by Crippen LogP contribution is 2.41. The van der Waals surface area contributed by atoms with Gasteiger partial charge in [0.2, 0.25) is 11.9 Å². The molecule has 3 N–H and O–H groups in total. The predicted molar refractivity (Wildman–Crippen MR) is 173 cm³/mol. The molecule has 238 valence electrons. The van der Waals surface area contributed by atoms with E-state index in [0.717, 1.165) is 22.4 Å². The van der Waals surface area contributed by atoms with Crippen LogP contribution in [0.1, 0.15) is 43.0 Å². The molecule has 3 heterocycles. The van der Waals surface area contributed by atoms with Gasteiger partial charge in [-0.1, -0.05) is 86.6 Å². The molecule has 1 aliphatic heterocycles. The number of hydrogen-bond acceptors (Lipinski definition) is 8. The summed E-state index contributed by atoms with van der Waals surface area (Å²) in [5.41, 5.74) is 1.71. The van der Waals surface area contributed by atoms with Crippen LogP contribution in [0.15, 0.2) is 96.1 Å². The van der Waals surface area contributed by atoms with Gasteiger partial charge in [0.25, 0.3) is 5.56 Å². The quantitative estimate of drug-likeness (QED) is 0.194. The molecule has 0 spiro atoms. The van der Waals surface area contributed by atoms with Crippen molar-refractivity contribution in [2.75, 3.05) is 25.6 Å². The minimum Gasteiger partial charge on any atom is -0.497 e. The van der Waals surface area contributed by atoms with Crippen molar-refractivity contribution in [1.29, 1.82) is 0 Å². The van der Waals surface area contributed by atoms with Gasteiger partial charge in [0.15, 0.2) is 11.2 Å². The summed E-state index contributed by atoms with van der Waals surface area (Å²) in [5.74, 6) is 0.204. The first kappa shape index (κ1) is 31.2. The number of carbonyl (C=O) groups is 1. The summed E-state index contributed by atoms with van der Waals surface area (Å²) < 4.78 is 20.3. The number of benzene rings is 3. The zero-order valence-corrected chi connectivity index (χ0v) is 25.9. The van der Waals surface area contributed by atoms with Crippen LogP contribution in [-0.4, -0.2) is 63.1 Å². The molecule has 0 unspecified atom stereocenters. The molecule has 6 rings (SSSR count). The largest absolute Gasteiger partial charge is 0.497 e. The molecule has 1 amide bonds. The van der Waals surface area contributed by atoms with E-state index < -0.39 is 23.4 Å². The lowest BCUT2D eigenvalue weighted by molar-refractivity contribution is -0.140. The number of rotatable bonds is 10. The van der Waals surface area contributed by atoms with Crippen LogP contribution in [0.5, 0.6) is 5.75 Å². The van der Waals surface area contributed by atoms with E-state index in [9.17, 15) is 14.7 Å². The Labute approximate surface area is 266 Å². The van der Waals surface area contributed by atoms with E-state index in [4.69, 9.17) is 14.2 Å². The van der Waals surface area contributed by atoms with E-state index in [1.54, 1.807) is 25.5 Å². The Balaban J connectivity index is 1.27. The highest BCUT2D eigenvalue weighted by molar-refractivity contribution is 5.91. The fraction of sp³-hybridized carbons (Fsp3) is 0.314. The number of ether oxygens (including phenoxy) is 3. The first-order valence-electron chi connectivity index (χ1n) is 15.3. The van der Waals surface area contributed by atoms with Crippen LogP contribution in [0.4, 0.5) is 5.95 Å². The molecule has 2 aromatic heterocycles. The number of nitrogens with zero attached hydrogens (tertiary/aromatic N) is 3. The Hall–Kier alpha value is -4.84. The number of methoxy groups -OCH3 is 1. The molecule has 0 saturated carbocycles. The zero-order valence-electron chi connectivity index (χ0n) is 25.9. The Kier molecular flexibility index (Phi) is 8.98. The maximum Gasteiger partial charge on any atom is 0.280 e. The third-order valence-electron chi connectivity index (χ3n) is 8.36. The molecule has 46 heavy (non-hydrogen) atoms. The Bertz CT molecular complexity index is 1800. The highest BCUT2D eigenvalue weighted by atomic mass is 16.6. The number of amides is 1. The lowest BCUT2D eigenvalue weighted by Gasteiger charge is -2.39. The van der Waals surface area contributed by atoms with Gasteiger partial charge in [0.05, 0.1) is 38.8 Å². The van der Waals surface area contributed by atoms with Gasteiger partial charge in [-0.25, -0.2) is 4.98 Å². The van der Waals surface area contributed by atoms with E-state index in [1.807, 2.05) is 84.9 Å². The van der Waals surface area contributed by atoms with Gasteiger partial charge in [0.1, 0.15) is 17.5 Å². The standard InChI is InChI=1S/C35H37N5O6/c1-22(2)32(42)38-34-37-31-30(33(43)39-34)36-21-40(31)26-18-28(41)29(45-19-26)20-46-35(23-10-6-4-7-11-23,24-12-8-5-9-13-24)25-14-16-27(44-3)17-15-25/h4-17,21-22,26,28-29,41H,18-20H2,1-3H3,(H2,37,38,39,42,43)/t26-,28-,29+/m0/s1. The van der Waals surface area contributed by atoms with Gasteiger partial charge in [-0.05, 0) is 35.2 Å². The zero-order chi connectivity index (χ0) is 32.3. The Morgan fingerprint density at radius 2 is 1.67 bits per heavy atom. The molecule has 11 heteroatoms. The topological polar surface area (TPSA) is 141 Å². The second-order valence-corrected chi connectivity index (χ2v) is 11.7. The van der Waals surface area contributed by atoms with E-state index in [0.29, 0.717) is 12.1 Å². The number of aromatic nitrogens is 4. The van der Waals surface area contributed by atoms with Gasteiger partial charge in [0, 0.05) is 5.92 Å². The summed E-state index contributed by atoms with van der Waals surface area (Å²) in [4.78, 5) is 36.2. The van der Waals surface area contributed by atoms with E-state index in [1.165, 1.54) is 6.33 Å². The van der Waals surface area contributed by atoms with Gasteiger partial charge in [-0.15, -0.1) is 0 Å². The molecule has 11 nitrogen and oxygen atoms in total. The van der Waals surface area contributed by atoms with Crippen molar-refractivity contribution in [3.63, 3.8) is 0 Å². The second kappa shape index (κ2) is 13.3. The summed E-state index contributed by atoms with van der Waals surface area (Å²) >= 11 is 0. The summed E-state index contributed by atoms with van der Waals surface area (Å²) in [6.45, 7) is 3.82. The molecular weight excluding hydrogens is 586 g/mol. The molecule has 0 radical (unpaired) electrons. The summed E-state index contributed by atoms with van der Waals surface area (Å²) in [6, 6.07) is 27.4. The van der Waals surface area contributed by atoms with Crippen LogP contribution in [0.3, 0.4) is 0 Å². The number of fused-ring (bicyclic) bond motifs is 1. The minimum atomic E-state index is -1.00. The van der Waals surface area contributed by atoms with Crippen LogP contribution in [0, 0.1) is 5.92 Å². The number of nitrogens with one attached hydrogen (secondary N) is 2. The number of anilines is 1. The summed E-state index contributed by atoms with van der Waals surface area (Å²) in [6.07, 6.45) is 0.304. The molecule has 0 aliphatic carbocycles. The minimum absolute atomic E-state index is 0.0400. The summed E-state index contributed by atoms with van der Waals surface area (Å²) in [5, 5.41) is 14.0. The van der Waals surface area contributed by atoms with E-state index in [-0.39, 0.29) is 42.5 Å². The number of aliphatic hydroxyl groups is 1. The number of H-pyrrole nitrogens is 1. The highest BCUT2D eigenvalue weighted by Gasteiger charge is 2.40. The third kappa shape index (κ3) is 6.04. The average molecular weight is 624 g/mol. The third-order valence-corrected chi connectivity index (χ3v) is 8.36. The molecule has 1 fully saturated rings. The maximum absolute atomic E-state index is 12.7. The van der Waals surface area contributed by atoms with Crippen LogP contribution < -0.4 is 15.6 Å². The number of aliphatic hydroxyl groups excluding tert-OH is 1. The molecular formula is C35H37N5O6. The van der Waals surface area contributed by atoms with Crippen molar-refractivity contribution < 1.29 is 24.1 Å². The van der Waals surface area contributed by atoms with Gasteiger partial charge in [-0.3, -0.25) is 19.9 Å². The molecule has 3 atom stereocenters. The number of aromatic amines is 1. The molecule has 5 aromatic rings. The molecule has 1 saturated heterocycles. The van der Waals surface area contributed by atoms with Crippen LogP contribution in [-0.2, 0) is 19.9 Å². The Morgan fingerprint density at radius 3 is 2.26 bits per heavy atom. The average Bonchev–Trinajstić information content (AvgIpc) is 3.51. The van der Waals surface area contributed by atoms with Crippen LogP contribution in [0.2, 0.25) is 0 Å². The second-order valence-electron chi connectivity index (χ2n) is 11.7. The van der Waals surface area contributed by atoms with Crippen molar-refractivity contribution in [3.8, 4) is 5.75 Å². The fourth-order valence-corrected chi connectivity index (χ4v) is 5.84. The fourth-order valence-electron chi connectivity index (χ4n) is 5.84. The molecule has 1 aliphatic rings. The number of imidazole rings is 1. The smallest absolute Gasteiger partial charge is 0.280 e. The van der Waals surface area contributed by atoms with Gasteiger partial charge in [-0.2, -0.15) is 4.98 Å². The lowest BCUT2D eigenvalue weighted by Crippen LogP contribution is -2.45. The van der Waals surface area contributed by atoms with Crippen molar-refractivity contribution in [2.24, 2.45) is 5.92 Å². The molecule has 3 aromatic carbocycles. The normalized spacial score (nSPS) is 18.5. The first-order valence-corrected chi connectivity index (χ1v) is 15.3. The maximum atomic E-state index is 12.7. The Morgan fingerprint density at radius 1 is 1.04 bits per heavy atom. The van der Waals surface area contributed by atoms with Crippen molar-refractivity contribution >= 4 is 23.0 Å². The van der Waals surface area contributed by atoms with Crippen molar-refractivity contribution in [3.05, 3.63) is 118 Å². The molecule has 0 bridgehead atoms. The predicted octanol–water partition coefficient (Wildman–Crippen LogP) is 4.42. The lowest BCUT2D eigenvalue weighted by atomic mass is 9.80. The SMILES string of the molecule is COc1ccc(C(OC[C@H]2OC[C@@H](n3cnc4c(=O)[nH]c(NC(=O)C(C)C)nc43)C[C@@H]2O)(c2ccccc2)c2ccccc2)cc1. The van der Waals surface area contributed by atoms with Gasteiger partial charge >= 0.3 is 0 Å². The van der Waals surface area contributed by atoms with Crippen molar-refractivity contribution in [2.45, 2.75) is 44.1 Å². The monoisotopic (exact) mass is 623 g/mol. The van der Waals surface area contributed by atoms with Crippen LogP contribution in [0.25, 0.3) is 11.2 Å². The summed E-state index contributed by atoms with van der Waals surface area (Å²) in [7, 11) is 1.63. The van der Waals surface area contributed by atoms with E-state index >= 15 is 0 Å². The van der Waals surface area contributed by atoms with Crippen molar-refractivity contribution in [1.82, 2.24) is 19.5 Å². The first-order chi connectivity index (χ1) is 22.3. The van der Waals surface area contributed by atoms with Crippen LogP contribution >= 0.6 is 0 Å².